The summed E-state index contributed by atoms with van der Waals surface area (Å²) in [6.45, 7) is 1.45. The number of phenols is 1. The molecule has 1 unspecified atom stereocenters. The Bertz CT molecular complexity index is 1650. The third-order valence-corrected chi connectivity index (χ3v) is 7.45. The molecule has 1 aromatic carbocycles. The summed E-state index contributed by atoms with van der Waals surface area (Å²) in [5, 5.41) is 19.1. The van der Waals surface area contributed by atoms with Crippen molar-refractivity contribution in [3.63, 3.8) is 0 Å². The van der Waals surface area contributed by atoms with E-state index in [9.17, 15) is 27.9 Å². The first-order chi connectivity index (χ1) is 20.5. The average molecular weight is 595 g/mol. The quantitative estimate of drug-likeness (QED) is 0.224. The number of hydrogen-bond acceptors (Lipinski definition) is 7. The van der Waals surface area contributed by atoms with Crippen LogP contribution in [-0.2, 0) is 11.8 Å². The number of nitrogens with zero attached hydrogens (tertiary/aromatic N) is 4. The Balaban J connectivity index is 1.27. The fourth-order valence-corrected chi connectivity index (χ4v) is 4.97. The molecule has 1 saturated carbocycles. The molecule has 4 aromatic rings. The highest BCUT2D eigenvalue weighted by Gasteiger charge is 2.68. The molecule has 0 spiro atoms. The van der Waals surface area contributed by atoms with Crippen LogP contribution in [0.15, 0.2) is 67.1 Å². The second-order valence-electron chi connectivity index (χ2n) is 10.4. The maximum atomic E-state index is 14.1. The summed E-state index contributed by atoms with van der Waals surface area (Å²) < 4.78 is 49.8. The van der Waals surface area contributed by atoms with Crippen molar-refractivity contribution >= 4 is 17.6 Å². The van der Waals surface area contributed by atoms with Crippen molar-refractivity contribution in [1.82, 2.24) is 25.1 Å². The van der Waals surface area contributed by atoms with Gasteiger partial charge in [-0.3, -0.25) is 19.3 Å². The number of anilines is 1. The van der Waals surface area contributed by atoms with Crippen LogP contribution in [0, 0.1) is 18.3 Å². The van der Waals surface area contributed by atoms with Crippen molar-refractivity contribution in [2.75, 3.05) is 11.9 Å². The fraction of sp³-hybridized carbons (Fsp3) is 0.300. The number of nitrogens with one attached hydrogen (secondary N) is 2. The Labute approximate surface area is 244 Å². The van der Waals surface area contributed by atoms with Crippen molar-refractivity contribution in [3.05, 3.63) is 78.4 Å². The van der Waals surface area contributed by atoms with E-state index in [4.69, 9.17) is 4.74 Å². The number of rotatable bonds is 10. The molecule has 1 aliphatic rings. The molecule has 1 atom stereocenters. The first kappa shape index (κ1) is 29.5. The van der Waals surface area contributed by atoms with Crippen LogP contribution in [0.4, 0.5) is 19.0 Å². The van der Waals surface area contributed by atoms with Gasteiger partial charge in [-0.2, -0.15) is 18.3 Å². The summed E-state index contributed by atoms with van der Waals surface area (Å²) in [5.74, 6) is -2.26. The van der Waals surface area contributed by atoms with Gasteiger partial charge in [-0.05, 0) is 56.5 Å². The Morgan fingerprint density at radius 3 is 2.58 bits per heavy atom. The van der Waals surface area contributed by atoms with Crippen molar-refractivity contribution in [2.24, 2.45) is 18.4 Å². The van der Waals surface area contributed by atoms with Crippen molar-refractivity contribution in [3.8, 4) is 28.5 Å². The van der Waals surface area contributed by atoms with Crippen molar-refractivity contribution < 1.29 is 32.6 Å². The number of pyridine rings is 2. The zero-order valence-corrected chi connectivity index (χ0v) is 23.4. The number of ether oxygens (including phenoxy) is 1. The highest BCUT2D eigenvalue weighted by molar-refractivity contribution is 5.97. The molecule has 10 nitrogen and oxygen atoms in total. The molecular weight excluding hydrogens is 565 g/mol. The van der Waals surface area contributed by atoms with Crippen LogP contribution in [-0.4, -0.2) is 49.4 Å². The number of phenolic OH excluding ortho intramolecular Hbond substituents is 1. The highest BCUT2D eigenvalue weighted by Crippen LogP contribution is 2.63. The maximum absolute atomic E-state index is 14.1. The van der Waals surface area contributed by atoms with Gasteiger partial charge in [0.1, 0.15) is 23.1 Å². The topological polar surface area (TPSA) is 131 Å². The number of amides is 2. The van der Waals surface area contributed by atoms with Gasteiger partial charge in [-0.15, -0.1) is 0 Å². The monoisotopic (exact) mass is 594 g/mol. The van der Waals surface area contributed by atoms with E-state index < -0.39 is 29.3 Å². The van der Waals surface area contributed by atoms with Gasteiger partial charge in [-0.1, -0.05) is 12.1 Å². The lowest BCUT2D eigenvalue weighted by Gasteiger charge is -2.28. The number of aryl methyl sites for hydroxylation is 2. The third kappa shape index (κ3) is 6.45. The molecule has 3 aromatic heterocycles. The van der Waals surface area contributed by atoms with Gasteiger partial charge in [0.15, 0.2) is 0 Å². The predicted molar refractivity (Wildman–Crippen MR) is 150 cm³/mol. The first-order valence-electron chi connectivity index (χ1n) is 13.5. The van der Waals surface area contributed by atoms with Crippen LogP contribution >= 0.6 is 0 Å². The lowest BCUT2D eigenvalue weighted by atomic mass is 9.84. The van der Waals surface area contributed by atoms with Crippen molar-refractivity contribution in [1.29, 1.82) is 0 Å². The summed E-state index contributed by atoms with van der Waals surface area (Å²) in [7, 11) is 1.80. The van der Waals surface area contributed by atoms with Gasteiger partial charge >= 0.3 is 6.18 Å². The van der Waals surface area contributed by atoms with Crippen LogP contribution in [0.1, 0.15) is 35.3 Å². The molecule has 5 rings (SSSR count). The third-order valence-electron chi connectivity index (χ3n) is 7.45. The zero-order chi connectivity index (χ0) is 30.8. The van der Waals surface area contributed by atoms with Crippen LogP contribution in [0.2, 0.25) is 0 Å². The number of carbonyl (C=O) groups is 2. The van der Waals surface area contributed by atoms with Crippen LogP contribution < -0.4 is 15.4 Å². The lowest BCUT2D eigenvalue weighted by Crippen LogP contribution is -2.41. The van der Waals surface area contributed by atoms with E-state index in [1.807, 2.05) is 6.20 Å². The summed E-state index contributed by atoms with van der Waals surface area (Å²) in [6, 6.07) is 12.2. The van der Waals surface area contributed by atoms with Crippen LogP contribution in [0.3, 0.4) is 0 Å². The number of carbonyl (C=O) groups excluding carboxylic acids is 2. The van der Waals surface area contributed by atoms with Crippen LogP contribution in [0.5, 0.6) is 17.2 Å². The first-order valence-corrected chi connectivity index (χ1v) is 13.5. The van der Waals surface area contributed by atoms with E-state index in [1.54, 1.807) is 61.4 Å². The van der Waals surface area contributed by atoms with Gasteiger partial charge in [0.2, 0.25) is 5.91 Å². The normalized spacial score (nSPS) is 14.5. The van der Waals surface area contributed by atoms with E-state index in [0.717, 1.165) is 5.56 Å². The number of aromatic hydroxyl groups is 1. The summed E-state index contributed by atoms with van der Waals surface area (Å²) in [4.78, 5) is 34.4. The Morgan fingerprint density at radius 1 is 1.16 bits per heavy atom. The zero-order valence-electron chi connectivity index (χ0n) is 23.4. The largest absolute Gasteiger partial charge is 0.507 e. The van der Waals surface area contributed by atoms with Gasteiger partial charge in [0, 0.05) is 37.6 Å². The molecule has 224 valence electrons. The maximum Gasteiger partial charge on any atom is 0.395 e. The molecule has 0 bridgehead atoms. The lowest BCUT2D eigenvalue weighted by molar-refractivity contribution is -0.203. The van der Waals surface area contributed by atoms with Crippen LogP contribution in [0.25, 0.3) is 11.3 Å². The number of aromatic nitrogens is 4. The summed E-state index contributed by atoms with van der Waals surface area (Å²) >= 11 is 0. The number of benzene rings is 1. The molecule has 2 amide bonds. The molecule has 13 heteroatoms. The fourth-order valence-electron chi connectivity index (χ4n) is 4.97. The second kappa shape index (κ2) is 11.7. The number of alkyl halides is 3. The summed E-state index contributed by atoms with van der Waals surface area (Å²) in [5.41, 5.74) is -0.326. The molecular formula is C30H29F3N6O4. The summed E-state index contributed by atoms with van der Waals surface area (Å²) in [6.07, 6.45) is -0.146. The Hall–Kier alpha value is -4.94. The number of para-hydroxylation sites is 1. The average Bonchev–Trinajstić information content (AvgIpc) is 3.67. The van der Waals surface area contributed by atoms with Gasteiger partial charge in [-0.25, -0.2) is 4.98 Å². The molecule has 1 aliphatic carbocycles. The van der Waals surface area contributed by atoms with Gasteiger partial charge in [0.25, 0.3) is 5.91 Å². The molecule has 3 heterocycles. The highest BCUT2D eigenvalue weighted by atomic mass is 19.4. The molecule has 0 aliphatic heterocycles. The minimum Gasteiger partial charge on any atom is -0.507 e. The smallest absolute Gasteiger partial charge is 0.395 e. The van der Waals surface area contributed by atoms with Crippen molar-refractivity contribution in [2.45, 2.75) is 32.4 Å². The Morgan fingerprint density at radius 2 is 1.93 bits per heavy atom. The SMILES string of the molecule is Cc1nc(NC(=O)C(CCNC(=O)c2ccccc2O)C2(C(F)(F)F)CC2)ccc1Oc1ccnc(-c2cnn(C)c2)c1. The number of halogens is 3. The van der Waals surface area contributed by atoms with E-state index in [0.29, 0.717) is 22.9 Å². The van der Waals surface area contributed by atoms with E-state index in [2.05, 4.69) is 25.7 Å². The van der Waals surface area contributed by atoms with E-state index in [-0.39, 0.29) is 42.9 Å². The Kier molecular flexibility index (Phi) is 8.07. The second-order valence-corrected chi connectivity index (χ2v) is 10.4. The standard InChI is InChI=1S/C30H29F3N6O4/c1-18-25(43-20-9-13-34-23(15-20)19-16-36-39(2)17-19)7-8-26(37-18)38-28(42)22(29(11-12-29)30(31,32)33)10-14-35-27(41)21-5-3-4-6-24(21)40/h3-9,13,15-17,22,40H,10-12,14H2,1-2H3,(H,35,41)(H,37,38,42). The van der Waals surface area contributed by atoms with Gasteiger partial charge < -0.3 is 20.5 Å². The van der Waals surface area contributed by atoms with E-state index in [1.165, 1.54) is 18.2 Å². The molecule has 0 saturated heterocycles. The minimum absolute atomic E-state index is 0.0116. The molecule has 0 radical (unpaired) electrons. The predicted octanol–water partition coefficient (Wildman–Crippen LogP) is 5.40. The molecule has 43 heavy (non-hydrogen) atoms. The molecule has 3 N–H and O–H groups in total. The minimum atomic E-state index is -4.60. The van der Waals surface area contributed by atoms with Gasteiger partial charge in [0.05, 0.1) is 34.5 Å². The molecule has 1 fully saturated rings. The van der Waals surface area contributed by atoms with E-state index >= 15 is 0 Å². The number of hydrogen-bond donors (Lipinski definition) is 3.